The highest BCUT2D eigenvalue weighted by Gasteiger charge is 2.52. The van der Waals surface area contributed by atoms with E-state index in [-0.39, 0.29) is 27.1 Å². The summed E-state index contributed by atoms with van der Waals surface area (Å²) >= 11 is 0. The SMILES string of the molecule is CC(C)(C)C1=CCC(C(c2ccc(C(C)(C)C)cc2)(C2C=CC(O)=CC2)C2C=CC(C)(C(C)(C)C)CC2)C=C1. The Morgan fingerprint density at radius 3 is 1.67 bits per heavy atom. The van der Waals surface area contributed by atoms with Crippen LogP contribution in [0.1, 0.15) is 106 Å². The molecule has 0 aliphatic heterocycles. The Morgan fingerprint density at radius 1 is 0.692 bits per heavy atom. The molecule has 1 heteroatoms. The zero-order valence-corrected chi connectivity index (χ0v) is 26.4. The van der Waals surface area contributed by atoms with Crippen LogP contribution in [0.5, 0.6) is 0 Å². The summed E-state index contributed by atoms with van der Waals surface area (Å²) in [6.07, 6.45) is 23.2. The summed E-state index contributed by atoms with van der Waals surface area (Å²) in [7, 11) is 0. The highest BCUT2D eigenvalue weighted by molar-refractivity contribution is 5.42. The van der Waals surface area contributed by atoms with Crippen molar-refractivity contribution < 1.29 is 5.11 Å². The van der Waals surface area contributed by atoms with Crippen LogP contribution in [-0.4, -0.2) is 5.11 Å². The lowest BCUT2D eigenvalue weighted by Crippen LogP contribution is -2.49. The van der Waals surface area contributed by atoms with Crippen LogP contribution in [0.15, 0.2) is 84.2 Å². The maximum Gasteiger partial charge on any atom is 0.111 e. The summed E-state index contributed by atoms with van der Waals surface area (Å²) in [5.41, 5.74) is 4.84. The predicted molar refractivity (Wildman–Crippen MR) is 169 cm³/mol. The van der Waals surface area contributed by atoms with Gasteiger partial charge in [0.2, 0.25) is 0 Å². The molecular weight excluding hydrogens is 472 g/mol. The Hall–Kier alpha value is -2.28. The van der Waals surface area contributed by atoms with Gasteiger partial charge in [-0.05, 0) is 93.9 Å². The minimum atomic E-state index is -0.101. The zero-order valence-electron chi connectivity index (χ0n) is 26.4. The molecule has 5 unspecified atom stereocenters. The van der Waals surface area contributed by atoms with Gasteiger partial charge in [0, 0.05) is 5.41 Å². The molecule has 3 aliphatic carbocycles. The van der Waals surface area contributed by atoms with Crippen LogP contribution in [-0.2, 0) is 10.8 Å². The van der Waals surface area contributed by atoms with Gasteiger partial charge < -0.3 is 5.11 Å². The molecule has 0 amide bonds. The highest BCUT2D eigenvalue weighted by Crippen LogP contribution is 2.57. The first-order valence-electron chi connectivity index (χ1n) is 15.2. The average molecular weight is 527 g/mol. The van der Waals surface area contributed by atoms with Gasteiger partial charge in [-0.3, -0.25) is 0 Å². The third-order valence-corrected chi connectivity index (χ3v) is 10.5. The summed E-state index contributed by atoms with van der Waals surface area (Å²) in [5, 5.41) is 10.3. The van der Waals surface area contributed by atoms with Gasteiger partial charge in [-0.25, -0.2) is 0 Å². The maximum absolute atomic E-state index is 10.3. The fraction of sp³-hybridized carbons (Fsp3) is 0.579. The van der Waals surface area contributed by atoms with Crippen LogP contribution in [0.4, 0.5) is 0 Å². The molecule has 39 heavy (non-hydrogen) atoms. The van der Waals surface area contributed by atoms with Crippen LogP contribution < -0.4 is 0 Å². The lowest BCUT2D eigenvalue weighted by Gasteiger charge is -2.54. The first-order chi connectivity index (χ1) is 18.0. The molecule has 0 spiro atoms. The van der Waals surface area contributed by atoms with Crippen LogP contribution in [0.3, 0.4) is 0 Å². The molecule has 1 nitrogen and oxygen atoms in total. The molecule has 212 valence electrons. The Kier molecular flexibility index (Phi) is 7.83. The van der Waals surface area contributed by atoms with Crippen molar-refractivity contribution in [2.45, 2.75) is 106 Å². The summed E-state index contributed by atoms with van der Waals surface area (Å²) in [4.78, 5) is 0. The zero-order chi connectivity index (χ0) is 28.9. The molecule has 1 N–H and O–H groups in total. The normalized spacial score (nSPS) is 29.5. The molecule has 3 aliphatic rings. The van der Waals surface area contributed by atoms with Gasteiger partial charge in [-0.15, -0.1) is 0 Å². The third-order valence-electron chi connectivity index (χ3n) is 10.5. The Labute approximate surface area is 239 Å². The van der Waals surface area contributed by atoms with E-state index in [4.69, 9.17) is 0 Å². The van der Waals surface area contributed by atoms with E-state index in [1.807, 2.05) is 12.2 Å². The molecule has 1 aromatic carbocycles. The maximum atomic E-state index is 10.3. The number of hydrogen-bond acceptors (Lipinski definition) is 1. The van der Waals surface area contributed by atoms with Crippen molar-refractivity contribution >= 4 is 0 Å². The molecule has 0 bridgehead atoms. The molecule has 0 saturated heterocycles. The lowest BCUT2D eigenvalue weighted by molar-refractivity contribution is 0.0950. The van der Waals surface area contributed by atoms with Crippen molar-refractivity contribution in [3.63, 3.8) is 0 Å². The van der Waals surface area contributed by atoms with E-state index in [0.717, 1.165) is 12.8 Å². The van der Waals surface area contributed by atoms with E-state index < -0.39 is 0 Å². The third kappa shape index (κ3) is 5.66. The molecule has 0 fully saturated rings. The number of rotatable bonds is 4. The van der Waals surface area contributed by atoms with Crippen LogP contribution >= 0.6 is 0 Å². The van der Waals surface area contributed by atoms with E-state index in [0.29, 0.717) is 23.5 Å². The van der Waals surface area contributed by atoms with Crippen molar-refractivity contribution in [2.24, 2.45) is 34.0 Å². The highest BCUT2D eigenvalue weighted by atomic mass is 16.3. The van der Waals surface area contributed by atoms with Crippen molar-refractivity contribution in [3.05, 3.63) is 95.3 Å². The summed E-state index contributed by atoms with van der Waals surface area (Å²) in [5.74, 6) is 1.50. The van der Waals surface area contributed by atoms with Gasteiger partial charge in [-0.2, -0.15) is 0 Å². The standard InChI is InChI=1S/C38H54O/c1-34(2,3)27-11-15-29(16-12-27)38(31-19-21-33(39)22-20-31,30-17-13-28(14-18-30)35(4,5)6)32-23-25-37(10,26-24-32)36(7,8)9/h11-17,19,21-23,25,30-32,39H,18,20,24,26H2,1-10H3. The van der Waals surface area contributed by atoms with E-state index in [2.05, 4.69) is 130 Å². The molecule has 4 rings (SSSR count). The largest absolute Gasteiger partial charge is 0.508 e. The smallest absolute Gasteiger partial charge is 0.111 e. The minimum absolute atomic E-state index is 0.101. The second kappa shape index (κ2) is 10.3. The summed E-state index contributed by atoms with van der Waals surface area (Å²) in [6, 6.07) is 9.63. The Bertz CT molecular complexity index is 1180. The molecule has 0 heterocycles. The number of aliphatic hydroxyl groups is 1. The monoisotopic (exact) mass is 526 g/mol. The van der Waals surface area contributed by atoms with E-state index in [1.54, 1.807) is 0 Å². The van der Waals surface area contributed by atoms with Gasteiger partial charge in [0.1, 0.15) is 5.76 Å². The molecule has 1 aromatic rings. The molecular formula is C38H54O. The van der Waals surface area contributed by atoms with E-state index in [9.17, 15) is 5.11 Å². The topological polar surface area (TPSA) is 20.2 Å². The minimum Gasteiger partial charge on any atom is -0.508 e. The van der Waals surface area contributed by atoms with Gasteiger partial charge in [0.15, 0.2) is 0 Å². The fourth-order valence-electron chi connectivity index (χ4n) is 7.21. The summed E-state index contributed by atoms with van der Waals surface area (Å²) < 4.78 is 0. The van der Waals surface area contributed by atoms with Crippen LogP contribution in [0.25, 0.3) is 0 Å². The fourth-order valence-corrected chi connectivity index (χ4v) is 7.21. The molecule has 0 radical (unpaired) electrons. The number of benzene rings is 1. The van der Waals surface area contributed by atoms with Crippen molar-refractivity contribution in [1.82, 2.24) is 0 Å². The van der Waals surface area contributed by atoms with Crippen LogP contribution in [0.2, 0.25) is 0 Å². The second-order valence-corrected chi connectivity index (χ2v) is 15.9. The van der Waals surface area contributed by atoms with E-state index in [1.165, 1.54) is 29.5 Å². The van der Waals surface area contributed by atoms with E-state index >= 15 is 0 Å². The van der Waals surface area contributed by atoms with Crippen LogP contribution in [0, 0.1) is 34.0 Å². The van der Waals surface area contributed by atoms with Crippen molar-refractivity contribution in [1.29, 1.82) is 0 Å². The van der Waals surface area contributed by atoms with Gasteiger partial charge >= 0.3 is 0 Å². The Balaban J connectivity index is 1.91. The number of hydrogen-bond donors (Lipinski definition) is 1. The first-order valence-corrected chi connectivity index (χ1v) is 15.2. The van der Waals surface area contributed by atoms with Crippen molar-refractivity contribution in [3.8, 4) is 0 Å². The van der Waals surface area contributed by atoms with Gasteiger partial charge in [0.25, 0.3) is 0 Å². The Morgan fingerprint density at radius 2 is 1.26 bits per heavy atom. The quantitative estimate of drug-likeness (QED) is 0.387. The lowest BCUT2D eigenvalue weighted by atomic mass is 9.50. The number of allylic oxidation sites excluding steroid dienone is 9. The number of aliphatic hydroxyl groups excluding tert-OH is 1. The van der Waals surface area contributed by atoms with Gasteiger partial charge in [-0.1, -0.05) is 130 Å². The molecule has 5 atom stereocenters. The average Bonchev–Trinajstić information content (AvgIpc) is 2.85. The molecule has 0 aromatic heterocycles. The van der Waals surface area contributed by atoms with Gasteiger partial charge in [0.05, 0.1) is 0 Å². The molecule has 0 saturated carbocycles. The first kappa shape index (κ1) is 29.7. The summed E-state index contributed by atoms with van der Waals surface area (Å²) in [6.45, 7) is 23.4. The van der Waals surface area contributed by atoms with Crippen molar-refractivity contribution in [2.75, 3.05) is 0 Å². The predicted octanol–water partition coefficient (Wildman–Crippen LogP) is 10.8. The second-order valence-electron chi connectivity index (χ2n) is 15.9.